The number of carbonyl (C=O) groups excluding carboxylic acids is 1. The smallest absolute Gasteiger partial charge is 0.231 e. The van der Waals surface area contributed by atoms with Crippen molar-refractivity contribution < 1.29 is 9.90 Å². The number of hydrogen-bond donors (Lipinski definition) is 1. The maximum absolute atomic E-state index is 13.4. The molecular formula is C27H33N3O2. The summed E-state index contributed by atoms with van der Waals surface area (Å²) in [5.41, 5.74) is 4.57. The highest BCUT2D eigenvalue weighted by Gasteiger charge is 2.36. The van der Waals surface area contributed by atoms with E-state index in [1.54, 1.807) is 0 Å². The van der Waals surface area contributed by atoms with Gasteiger partial charge in [-0.25, -0.2) is 15.0 Å². The molecule has 0 saturated heterocycles. The first-order valence-electron chi connectivity index (χ1n) is 11.4. The molecule has 0 aliphatic carbocycles. The first-order chi connectivity index (χ1) is 15.2. The molecule has 3 rings (SSSR count). The normalized spacial score (nSPS) is 13.1. The number of hydrogen-bond acceptors (Lipinski definition) is 5. The summed E-state index contributed by atoms with van der Waals surface area (Å²) in [7, 11) is 0. The standard InChI is InChI=1S/C27H33N3O2/c1-7-9-14-27(32,8-2)23(31)26-29-24(21-12-10-17(3)15-19(21)5)28-25(30-26)22-13-11-18(4)16-20(22)6/h10-13,15-16,32H,7-9,14H2,1-6H3. The summed E-state index contributed by atoms with van der Waals surface area (Å²) in [4.78, 5) is 27.3. The molecule has 1 unspecified atom stereocenters. The fraction of sp³-hybridized carbons (Fsp3) is 0.407. The second-order valence-electron chi connectivity index (χ2n) is 8.76. The molecule has 3 aromatic rings. The van der Waals surface area contributed by atoms with Gasteiger partial charge in [0.15, 0.2) is 11.6 Å². The predicted molar refractivity (Wildman–Crippen MR) is 129 cm³/mol. The highest BCUT2D eigenvalue weighted by atomic mass is 16.3. The van der Waals surface area contributed by atoms with Crippen molar-refractivity contribution in [3.05, 3.63) is 64.5 Å². The van der Waals surface area contributed by atoms with Gasteiger partial charge in [-0.1, -0.05) is 74.2 Å². The maximum Gasteiger partial charge on any atom is 0.231 e. The van der Waals surface area contributed by atoms with Gasteiger partial charge >= 0.3 is 0 Å². The first-order valence-corrected chi connectivity index (χ1v) is 11.4. The topological polar surface area (TPSA) is 76.0 Å². The monoisotopic (exact) mass is 431 g/mol. The zero-order valence-corrected chi connectivity index (χ0v) is 20.0. The lowest BCUT2D eigenvalue weighted by molar-refractivity contribution is 0.0230. The minimum absolute atomic E-state index is 0.0189. The van der Waals surface area contributed by atoms with E-state index in [4.69, 9.17) is 4.98 Å². The number of aliphatic hydroxyl groups is 1. The van der Waals surface area contributed by atoms with Crippen LogP contribution in [0.2, 0.25) is 0 Å². The number of aromatic nitrogens is 3. The fourth-order valence-corrected chi connectivity index (χ4v) is 3.98. The molecule has 1 atom stereocenters. The Morgan fingerprint density at radius 1 is 0.844 bits per heavy atom. The number of unbranched alkanes of at least 4 members (excludes halogenated alkanes) is 1. The lowest BCUT2D eigenvalue weighted by Crippen LogP contribution is -2.39. The molecule has 2 aromatic carbocycles. The number of nitrogens with zero attached hydrogens (tertiary/aromatic N) is 3. The number of ketones is 1. The predicted octanol–water partition coefficient (Wildman–Crippen LogP) is 5.95. The summed E-state index contributed by atoms with van der Waals surface area (Å²) < 4.78 is 0. The highest BCUT2D eigenvalue weighted by Crippen LogP contribution is 2.28. The summed E-state index contributed by atoms with van der Waals surface area (Å²) in [5, 5.41) is 11.1. The average molecular weight is 432 g/mol. The van der Waals surface area contributed by atoms with Crippen LogP contribution in [0.15, 0.2) is 36.4 Å². The molecule has 5 nitrogen and oxygen atoms in total. The van der Waals surface area contributed by atoms with Crippen LogP contribution in [0, 0.1) is 27.7 Å². The van der Waals surface area contributed by atoms with Crippen molar-refractivity contribution in [2.24, 2.45) is 0 Å². The van der Waals surface area contributed by atoms with Gasteiger partial charge in [0.1, 0.15) is 5.60 Å². The van der Waals surface area contributed by atoms with Crippen LogP contribution < -0.4 is 0 Å². The van der Waals surface area contributed by atoms with Gasteiger partial charge in [0, 0.05) is 11.1 Å². The van der Waals surface area contributed by atoms with E-state index in [0.29, 0.717) is 24.5 Å². The van der Waals surface area contributed by atoms with Crippen molar-refractivity contribution >= 4 is 5.78 Å². The molecular weight excluding hydrogens is 398 g/mol. The molecule has 0 fully saturated rings. The summed E-state index contributed by atoms with van der Waals surface area (Å²) in [6.45, 7) is 12.0. The summed E-state index contributed by atoms with van der Waals surface area (Å²) in [6.07, 6.45) is 2.36. The van der Waals surface area contributed by atoms with Crippen LogP contribution in [0.25, 0.3) is 22.8 Å². The van der Waals surface area contributed by atoms with Crippen molar-refractivity contribution in [1.29, 1.82) is 0 Å². The van der Waals surface area contributed by atoms with Gasteiger partial charge in [0.2, 0.25) is 11.6 Å². The van der Waals surface area contributed by atoms with Gasteiger partial charge in [-0.05, 0) is 51.7 Å². The Kier molecular flexibility index (Phi) is 7.19. The highest BCUT2D eigenvalue weighted by molar-refractivity contribution is 5.99. The zero-order valence-electron chi connectivity index (χ0n) is 20.0. The molecule has 0 aliphatic heterocycles. The third-order valence-corrected chi connectivity index (χ3v) is 6.04. The molecule has 0 bridgehead atoms. The van der Waals surface area contributed by atoms with Gasteiger partial charge in [-0.3, -0.25) is 4.79 Å². The van der Waals surface area contributed by atoms with E-state index in [1.165, 1.54) is 0 Å². The average Bonchev–Trinajstić information content (AvgIpc) is 2.76. The minimum atomic E-state index is -1.48. The Labute approximate surface area is 191 Å². The van der Waals surface area contributed by atoms with Crippen molar-refractivity contribution in [2.45, 2.75) is 72.8 Å². The van der Waals surface area contributed by atoms with Crippen LogP contribution in [0.5, 0.6) is 0 Å². The SMILES string of the molecule is CCCCC(O)(CC)C(=O)c1nc(-c2ccc(C)cc2C)nc(-c2ccc(C)cc2C)n1. The van der Waals surface area contributed by atoms with Crippen molar-refractivity contribution in [1.82, 2.24) is 15.0 Å². The first kappa shape index (κ1) is 23.7. The van der Waals surface area contributed by atoms with Crippen molar-refractivity contribution in [3.63, 3.8) is 0 Å². The minimum Gasteiger partial charge on any atom is -0.382 e. The van der Waals surface area contributed by atoms with Gasteiger partial charge in [-0.2, -0.15) is 0 Å². The largest absolute Gasteiger partial charge is 0.382 e. The molecule has 1 N–H and O–H groups in total. The number of aryl methyl sites for hydroxylation is 4. The Balaban J connectivity index is 2.21. The van der Waals surface area contributed by atoms with Gasteiger partial charge in [-0.15, -0.1) is 0 Å². The molecule has 0 spiro atoms. The van der Waals surface area contributed by atoms with Crippen LogP contribution in [-0.2, 0) is 0 Å². The zero-order chi connectivity index (χ0) is 23.5. The van der Waals surface area contributed by atoms with Crippen LogP contribution in [0.4, 0.5) is 0 Å². The summed E-state index contributed by atoms with van der Waals surface area (Å²) in [5.74, 6) is 0.479. The Hall–Kier alpha value is -2.92. The molecule has 5 heteroatoms. The second-order valence-corrected chi connectivity index (χ2v) is 8.76. The molecule has 32 heavy (non-hydrogen) atoms. The maximum atomic E-state index is 13.4. The molecule has 1 aromatic heterocycles. The summed E-state index contributed by atoms with van der Waals surface area (Å²) in [6, 6.07) is 12.1. The Morgan fingerprint density at radius 2 is 1.34 bits per heavy atom. The molecule has 1 heterocycles. The van der Waals surface area contributed by atoms with E-state index >= 15 is 0 Å². The lowest BCUT2D eigenvalue weighted by Gasteiger charge is -2.24. The number of carbonyl (C=O) groups is 1. The third-order valence-electron chi connectivity index (χ3n) is 6.04. The second kappa shape index (κ2) is 9.70. The molecule has 0 aliphatic rings. The van der Waals surface area contributed by atoms with E-state index in [1.807, 2.05) is 65.8 Å². The molecule has 0 radical (unpaired) electrons. The van der Waals surface area contributed by atoms with Crippen molar-refractivity contribution in [2.75, 3.05) is 0 Å². The van der Waals surface area contributed by atoms with Crippen LogP contribution >= 0.6 is 0 Å². The van der Waals surface area contributed by atoms with E-state index in [-0.39, 0.29) is 5.82 Å². The van der Waals surface area contributed by atoms with E-state index < -0.39 is 11.4 Å². The number of Topliss-reactive ketones (excluding diaryl/α,β-unsaturated/α-hetero) is 1. The summed E-state index contributed by atoms with van der Waals surface area (Å²) >= 11 is 0. The Bertz CT molecular complexity index is 1070. The Morgan fingerprint density at radius 3 is 1.75 bits per heavy atom. The van der Waals surface area contributed by atoms with Crippen LogP contribution in [0.1, 0.15) is 72.4 Å². The fourth-order valence-electron chi connectivity index (χ4n) is 3.98. The number of benzene rings is 2. The third kappa shape index (κ3) is 4.94. The van der Waals surface area contributed by atoms with E-state index in [0.717, 1.165) is 46.2 Å². The van der Waals surface area contributed by atoms with Crippen LogP contribution in [0.3, 0.4) is 0 Å². The van der Waals surface area contributed by atoms with Crippen LogP contribution in [-0.4, -0.2) is 31.4 Å². The lowest BCUT2D eigenvalue weighted by atomic mass is 9.88. The van der Waals surface area contributed by atoms with Crippen molar-refractivity contribution in [3.8, 4) is 22.8 Å². The molecule has 0 amide bonds. The molecule has 0 saturated carbocycles. The van der Waals surface area contributed by atoms with E-state index in [2.05, 4.69) is 22.1 Å². The van der Waals surface area contributed by atoms with Gasteiger partial charge in [0.05, 0.1) is 0 Å². The quantitative estimate of drug-likeness (QED) is 0.446. The molecule has 168 valence electrons. The van der Waals surface area contributed by atoms with E-state index in [9.17, 15) is 9.90 Å². The number of rotatable bonds is 8. The van der Waals surface area contributed by atoms with Gasteiger partial charge in [0.25, 0.3) is 0 Å². The van der Waals surface area contributed by atoms with Gasteiger partial charge < -0.3 is 5.11 Å².